The number of aromatic nitrogens is 1. The minimum absolute atomic E-state index is 0.0456. The van der Waals surface area contributed by atoms with E-state index in [1.165, 1.54) is 18.3 Å². The molecular weight excluding hydrogens is 379 g/mol. The van der Waals surface area contributed by atoms with E-state index in [9.17, 15) is 9.59 Å². The molecule has 0 N–H and O–H groups in total. The molecule has 7 heteroatoms. The van der Waals surface area contributed by atoms with Crippen LogP contribution in [0.3, 0.4) is 0 Å². The fourth-order valence-corrected chi connectivity index (χ4v) is 4.38. The van der Waals surface area contributed by atoms with Crippen LogP contribution in [0.5, 0.6) is 0 Å². The number of nitrogens with zero attached hydrogens (tertiary/aromatic N) is 2. The van der Waals surface area contributed by atoms with E-state index < -0.39 is 0 Å². The molecule has 2 aromatic carbocycles. The molecule has 25 heavy (non-hydrogen) atoms. The third kappa shape index (κ3) is 3.54. The van der Waals surface area contributed by atoms with E-state index in [-0.39, 0.29) is 11.7 Å². The zero-order valence-electron chi connectivity index (χ0n) is 13.5. The molecule has 0 saturated carbocycles. The molecule has 0 saturated heterocycles. The number of hydrogen-bond donors (Lipinski definition) is 0. The van der Waals surface area contributed by atoms with Crippen LogP contribution in [0, 0.1) is 0 Å². The number of fused-ring (bicyclic) bond motifs is 1. The largest absolute Gasteiger partial charge is 0.315 e. The van der Waals surface area contributed by atoms with Crippen LogP contribution in [0.4, 0.5) is 0 Å². The Balaban J connectivity index is 2.10. The number of thiazole rings is 1. The number of ketones is 1. The summed E-state index contributed by atoms with van der Waals surface area (Å²) in [6, 6.07) is 9.95. The van der Waals surface area contributed by atoms with Gasteiger partial charge in [-0.25, -0.2) is 0 Å². The first-order valence-electron chi connectivity index (χ1n) is 7.59. The van der Waals surface area contributed by atoms with E-state index in [0.29, 0.717) is 32.5 Å². The highest BCUT2D eigenvalue weighted by Gasteiger charge is 2.12. The molecule has 0 bridgehead atoms. The normalized spacial score (nSPS) is 11.9. The van der Waals surface area contributed by atoms with Crippen LogP contribution in [0.25, 0.3) is 10.2 Å². The third-order valence-corrected chi connectivity index (χ3v) is 5.28. The van der Waals surface area contributed by atoms with Gasteiger partial charge in [-0.1, -0.05) is 46.7 Å². The van der Waals surface area contributed by atoms with E-state index in [0.717, 1.165) is 10.2 Å². The molecule has 1 aromatic heterocycles. The first kappa shape index (κ1) is 17.9. The maximum atomic E-state index is 12.5. The van der Waals surface area contributed by atoms with Crippen LogP contribution in [-0.4, -0.2) is 16.3 Å². The van der Waals surface area contributed by atoms with Crippen LogP contribution in [0.15, 0.2) is 41.4 Å². The summed E-state index contributed by atoms with van der Waals surface area (Å²) in [5.41, 5.74) is 1.80. The summed E-state index contributed by atoms with van der Waals surface area (Å²) >= 11 is 13.7. The lowest BCUT2D eigenvalue weighted by molar-refractivity contribution is 0.0991. The van der Waals surface area contributed by atoms with Gasteiger partial charge in [-0.15, -0.1) is 0 Å². The van der Waals surface area contributed by atoms with Crippen LogP contribution in [0.1, 0.15) is 34.6 Å². The molecule has 0 aliphatic rings. The van der Waals surface area contributed by atoms with Gasteiger partial charge in [0.15, 0.2) is 10.6 Å². The molecule has 3 aromatic rings. The minimum atomic E-state index is -0.369. The Kier molecular flexibility index (Phi) is 5.08. The summed E-state index contributed by atoms with van der Waals surface area (Å²) in [4.78, 5) is 28.6. The highest BCUT2D eigenvalue weighted by Crippen LogP contribution is 2.29. The average molecular weight is 393 g/mol. The van der Waals surface area contributed by atoms with E-state index in [1.807, 2.05) is 17.6 Å². The Hall–Kier alpha value is -1.95. The molecule has 0 radical (unpaired) electrons. The fraction of sp³-hybridized carbons (Fsp3) is 0.167. The highest BCUT2D eigenvalue weighted by atomic mass is 35.5. The summed E-state index contributed by atoms with van der Waals surface area (Å²) in [7, 11) is 0. The van der Waals surface area contributed by atoms with Gasteiger partial charge in [0, 0.05) is 22.7 Å². The number of carbonyl (C=O) groups excluding carboxylic acids is 2. The van der Waals surface area contributed by atoms with Crippen molar-refractivity contribution in [3.05, 3.63) is 62.4 Å². The smallest absolute Gasteiger partial charge is 0.279 e. The fourth-order valence-electron chi connectivity index (χ4n) is 2.51. The highest BCUT2D eigenvalue weighted by molar-refractivity contribution is 7.16. The summed E-state index contributed by atoms with van der Waals surface area (Å²) in [5.74, 6) is -0.415. The van der Waals surface area contributed by atoms with Gasteiger partial charge >= 0.3 is 0 Å². The van der Waals surface area contributed by atoms with Gasteiger partial charge in [0.2, 0.25) is 0 Å². The molecule has 3 rings (SSSR count). The van der Waals surface area contributed by atoms with Crippen LogP contribution < -0.4 is 4.80 Å². The number of benzene rings is 2. The van der Waals surface area contributed by atoms with Gasteiger partial charge in [0.05, 0.1) is 15.2 Å². The average Bonchev–Trinajstić information content (AvgIpc) is 2.91. The van der Waals surface area contributed by atoms with Crippen molar-refractivity contribution in [3.63, 3.8) is 0 Å². The first-order chi connectivity index (χ1) is 11.9. The van der Waals surface area contributed by atoms with E-state index in [1.54, 1.807) is 30.3 Å². The molecule has 0 spiro atoms. The molecule has 128 valence electrons. The SMILES string of the molecule is CCn1c(=NC(=O)c2ccc(C(C)=O)cc2)sc2cc(Cl)cc(Cl)c21. The molecule has 4 nitrogen and oxygen atoms in total. The van der Waals surface area contributed by atoms with Crippen molar-refractivity contribution < 1.29 is 9.59 Å². The van der Waals surface area contributed by atoms with Crippen LogP contribution in [0.2, 0.25) is 10.0 Å². The quantitative estimate of drug-likeness (QED) is 0.590. The van der Waals surface area contributed by atoms with Gasteiger partial charge in [-0.2, -0.15) is 4.99 Å². The predicted octanol–water partition coefficient (Wildman–Crippen LogP) is 4.97. The van der Waals surface area contributed by atoms with E-state index >= 15 is 0 Å². The number of Topliss-reactive ketones (excluding diaryl/α,β-unsaturated/α-hetero) is 1. The standard InChI is InChI=1S/C18H14Cl2N2O2S/c1-3-22-16-14(20)8-13(19)9-15(16)25-18(22)21-17(24)12-6-4-11(5-7-12)10(2)23/h4-9H,3H2,1-2H3. The molecule has 0 aliphatic heterocycles. The zero-order valence-corrected chi connectivity index (χ0v) is 15.9. The number of rotatable bonds is 3. The molecule has 0 fully saturated rings. The van der Waals surface area contributed by atoms with Gasteiger partial charge < -0.3 is 4.57 Å². The second-order valence-corrected chi connectivity index (χ2v) is 7.27. The number of hydrogen-bond acceptors (Lipinski definition) is 3. The van der Waals surface area contributed by atoms with Gasteiger partial charge in [-0.05, 0) is 38.1 Å². The Morgan fingerprint density at radius 2 is 1.76 bits per heavy atom. The molecule has 1 amide bonds. The second-order valence-electron chi connectivity index (χ2n) is 5.41. The Morgan fingerprint density at radius 3 is 2.36 bits per heavy atom. The van der Waals surface area contributed by atoms with Gasteiger partial charge in [0.25, 0.3) is 5.91 Å². The predicted molar refractivity (Wildman–Crippen MR) is 102 cm³/mol. The maximum absolute atomic E-state index is 12.5. The molecule has 0 atom stereocenters. The van der Waals surface area contributed by atoms with Crippen molar-refractivity contribution in [1.82, 2.24) is 4.57 Å². The van der Waals surface area contributed by atoms with E-state index in [4.69, 9.17) is 23.2 Å². The Labute approximate surface area is 158 Å². The maximum Gasteiger partial charge on any atom is 0.279 e. The molecule has 0 unspecified atom stereocenters. The minimum Gasteiger partial charge on any atom is -0.315 e. The van der Waals surface area contributed by atoms with Gasteiger partial charge in [-0.3, -0.25) is 9.59 Å². The third-order valence-electron chi connectivity index (χ3n) is 3.75. The van der Waals surface area contributed by atoms with Crippen LogP contribution >= 0.6 is 34.5 Å². The van der Waals surface area contributed by atoms with Crippen LogP contribution in [-0.2, 0) is 6.54 Å². The number of carbonyl (C=O) groups is 2. The number of amides is 1. The lowest BCUT2D eigenvalue weighted by atomic mass is 10.1. The molecule has 1 heterocycles. The van der Waals surface area contributed by atoms with Crippen molar-refractivity contribution >= 4 is 56.4 Å². The Bertz CT molecular complexity index is 1050. The van der Waals surface area contributed by atoms with Crippen molar-refractivity contribution in [2.75, 3.05) is 0 Å². The topological polar surface area (TPSA) is 51.4 Å². The molecular formula is C18H14Cl2N2O2S. The summed E-state index contributed by atoms with van der Waals surface area (Å²) in [6.07, 6.45) is 0. The zero-order chi connectivity index (χ0) is 18.1. The lowest BCUT2D eigenvalue weighted by Crippen LogP contribution is -2.16. The van der Waals surface area contributed by atoms with Crippen molar-refractivity contribution in [3.8, 4) is 0 Å². The lowest BCUT2D eigenvalue weighted by Gasteiger charge is -2.03. The first-order valence-corrected chi connectivity index (χ1v) is 9.16. The van der Waals surface area contributed by atoms with Crippen molar-refractivity contribution in [1.29, 1.82) is 0 Å². The van der Waals surface area contributed by atoms with Gasteiger partial charge in [0.1, 0.15) is 0 Å². The number of aryl methyl sites for hydroxylation is 1. The van der Waals surface area contributed by atoms with Crippen molar-refractivity contribution in [2.24, 2.45) is 4.99 Å². The monoisotopic (exact) mass is 392 g/mol. The van der Waals surface area contributed by atoms with E-state index in [2.05, 4.69) is 4.99 Å². The summed E-state index contributed by atoms with van der Waals surface area (Å²) in [6.45, 7) is 4.07. The van der Waals surface area contributed by atoms with Crippen molar-refractivity contribution in [2.45, 2.75) is 20.4 Å². The summed E-state index contributed by atoms with van der Waals surface area (Å²) < 4.78 is 2.76. The summed E-state index contributed by atoms with van der Waals surface area (Å²) in [5, 5.41) is 1.07. The second kappa shape index (κ2) is 7.12. The number of halogens is 2. The molecule has 0 aliphatic carbocycles. The Morgan fingerprint density at radius 1 is 1.12 bits per heavy atom.